The van der Waals surface area contributed by atoms with E-state index in [1.807, 2.05) is 0 Å². The van der Waals surface area contributed by atoms with Crippen molar-refractivity contribution in [2.24, 2.45) is 0 Å². The first-order valence-electron chi connectivity index (χ1n) is 6.38. The molecular weight excluding hydrogens is 267 g/mol. The molecule has 1 aromatic heterocycles. The number of aromatic amines is 1. The fourth-order valence-corrected chi connectivity index (χ4v) is 2.02. The van der Waals surface area contributed by atoms with Crippen molar-refractivity contribution in [3.63, 3.8) is 0 Å². The van der Waals surface area contributed by atoms with Gasteiger partial charge in [-0.15, -0.1) is 0 Å². The first-order valence-corrected chi connectivity index (χ1v) is 6.38. The number of halogens is 3. The number of nitrogens with zero attached hydrogens (tertiary/aromatic N) is 1. The quantitative estimate of drug-likeness (QED) is 0.854. The Labute approximate surface area is 115 Å². The van der Waals surface area contributed by atoms with Crippen LogP contribution in [0.5, 0.6) is 0 Å². The Bertz CT molecular complexity index is 494. The van der Waals surface area contributed by atoms with Crippen molar-refractivity contribution in [1.29, 1.82) is 0 Å². The summed E-state index contributed by atoms with van der Waals surface area (Å²) in [5.41, 5.74) is 0.643. The summed E-state index contributed by atoms with van der Waals surface area (Å²) in [4.78, 5) is 6.97. The average molecular weight is 283 g/mol. The molecule has 0 saturated heterocycles. The Balaban J connectivity index is 1.96. The molecule has 0 radical (unpaired) electrons. The van der Waals surface area contributed by atoms with Crippen LogP contribution >= 0.6 is 0 Å². The molecule has 1 unspecified atom stereocenters. The Morgan fingerprint density at radius 3 is 2.55 bits per heavy atom. The monoisotopic (exact) mass is 283 g/mol. The first-order chi connectivity index (χ1) is 9.54. The maximum atomic E-state index is 12.6. The highest BCUT2D eigenvalue weighted by Crippen LogP contribution is 2.29. The topological polar surface area (TPSA) is 40.7 Å². The molecule has 3 nitrogen and oxygen atoms in total. The molecule has 0 spiro atoms. The fourth-order valence-electron chi connectivity index (χ4n) is 2.02. The lowest BCUT2D eigenvalue weighted by atomic mass is 10.0. The largest absolute Gasteiger partial charge is 0.390 e. The van der Waals surface area contributed by atoms with E-state index in [0.717, 1.165) is 5.82 Å². The summed E-state index contributed by atoms with van der Waals surface area (Å²) < 4.78 is 37.9. The van der Waals surface area contributed by atoms with E-state index in [1.165, 1.54) is 0 Å². The van der Waals surface area contributed by atoms with Crippen LogP contribution < -0.4 is 5.32 Å². The molecule has 0 saturated carbocycles. The lowest BCUT2D eigenvalue weighted by molar-refractivity contribution is -0.140. The smallest absolute Gasteiger partial charge is 0.349 e. The van der Waals surface area contributed by atoms with E-state index in [1.54, 1.807) is 42.7 Å². The van der Waals surface area contributed by atoms with Crippen molar-refractivity contribution in [3.8, 4) is 0 Å². The molecule has 2 rings (SSSR count). The van der Waals surface area contributed by atoms with Crippen LogP contribution in [0.3, 0.4) is 0 Å². The lowest BCUT2D eigenvalue weighted by Gasteiger charge is -2.20. The van der Waals surface area contributed by atoms with Gasteiger partial charge in [-0.1, -0.05) is 30.3 Å². The van der Waals surface area contributed by atoms with E-state index in [-0.39, 0.29) is 0 Å². The SMILES string of the molecule is FC(F)(F)CC(NCCc1ncc[nH]1)c1ccccc1. The third-order valence-corrected chi connectivity index (χ3v) is 2.94. The second-order valence-corrected chi connectivity index (χ2v) is 4.52. The molecule has 0 amide bonds. The summed E-state index contributed by atoms with van der Waals surface area (Å²) in [5.74, 6) is 0.760. The molecule has 108 valence electrons. The number of hydrogen-bond acceptors (Lipinski definition) is 2. The van der Waals surface area contributed by atoms with Crippen molar-refractivity contribution in [2.45, 2.75) is 25.1 Å². The number of rotatable bonds is 6. The number of benzene rings is 1. The Kier molecular flexibility index (Phi) is 4.79. The minimum Gasteiger partial charge on any atom is -0.349 e. The molecule has 2 aromatic rings. The lowest BCUT2D eigenvalue weighted by Crippen LogP contribution is -2.28. The molecule has 2 N–H and O–H groups in total. The van der Waals surface area contributed by atoms with Crippen LogP contribution in [-0.2, 0) is 6.42 Å². The maximum Gasteiger partial charge on any atom is 0.390 e. The van der Waals surface area contributed by atoms with Crippen LogP contribution in [-0.4, -0.2) is 22.7 Å². The first kappa shape index (κ1) is 14.6. The third-order valence-electron chi connectivity index (χ3n) is 2.94. The second-order valence-electron chi connectivity index (χ2n) is 4.52. The number of imidazole rings is 1. The van der Waals surface area contributed by atoms with Gasteiger partial charge in [-0.2, -0.15) is 13.2 Å². The normalized spacial score (nSPS) is 13.3. The van der Waals surface area contributed by atoms with Gasteiger partial charge in [0.1, 0.15) is 5.82 Å². The Hall–Kier alpha value is -1.82. The molecule has 1 heterocycles. The summed E-state index contributed by atoms with van der Waals surface area (Å²) in [6.07, 6.45) is -1.19. The van der Waals surface area contributed by atoms with Gasteiger partial charge in [-0.3, -0.25) is 0 Å². The van der Waals surface area contributed by atoms with Crippen LogP contribution in [0.2, 0.25) is 0 Å². The van der Waals surface area contributed by atoms with Gasteiger partial charge in [0, 0.05) is 31.4 Å². The van der Waals surface area contributed by atoms with Gasteiger partial charge >= 0.3 is 6.18 Å². The van der Waals surface area contributed by atoms with Crippen LogP contribution in [0, 0.1) is 0 Å². The predicted molar refractivity (Wildman–Crippen MR) is 70.1 cm³/mol. The number of H-pyrrole nitrogens is 1. The van der Waals surface area contributed by atoms with E-state index in [4.69, 9.17) is 0 Å². The molecule has 6 heteroatoms. The van der Waals surface area contributed by atoms with Crippen LogP contribution in [0.15, 0.2) is 42.7 Å². The minimum absolute atomic E-state index is 0.434. The number of aromatic nitrogens is 2. The van der Waals surface area contributed by atoms with Gasteiger partial charge in [0.25, 0.3) is 0 Å². The average Bonchev–Trinajstić information content (AvgIpc) is 2.90. The van der Waals surface area contributed by atoms with Crippen molar-refractivity contribution in [2.75, 3.05) is 6.54 Å². The molecular formula is C14H16F3N3. The van der Waals surface area contributed by atoms with E-state index in [2.05, 4.69) is 15.3 Å². The van der Waals surface area contributed by atoms with Gasteiger partial charge in [0.15, 0.2) is 0 Å². The number of alkyl halides is 3. The molecule has 1 atom stereocenters. The molecule has 0 aliphatic heterocycles. The van der Waals surface area contributed by atoms with Crippen LogP contribution in [0.4, 0.5) is 13.2 Å². The van der Waals surface area contributed by atoms with Gasteiger partial charge in [-0.25, -0.2) is 4.98 Å². The highest BCUT2D eigenvalue weighted by molar-refractivity contribution is 5.19. The highest BCUT2D eigenvalue weighted by Gasteiger charge is 2.32. The summed E-state index contributed by atoms with van der Waals surface area (Å²) in [5, 5.41) is 2.95. The van der Waals surface area contributed by atoms with Gasteiger partial charge in [0.2, 0.25) is 0 Å². The number of hydrogen-bond donors (Lipinski definition) is 2. The van der Waals surface area contributed by atoms with Gasteiger partial charge < -0.3 is 10.3 Å². The summed E-state index contributed by atoms with van der Waals surface area (Å²) in [6.45, 7) is 0.434. The minimum atomic E-state index is -4.20. The molecule has 1 aromatic carbocycles. The Morgan fingerprint density at radius 1 is 1.20 bits per heavy atom. The second kappa shape index (κ2) is 6.56. The van der Waals surface area contributed by atoms with Crippen molar-refractivity contribution >= 4 is 0 Å². The van der Waals surface area contributed by atoms with E-state index >= 15 is 0 Å². The predicted octanol–water partition coefficient (Wildman–Crippen LogP) is 3.24. The van der Waals surface area contributed by atoms with Crippen molar-refractivity contribution in [3.05, 3.63) is 54.1 Å². The zero-order valence-corrected chi connectivity index (χ0v) is 10.8. The molecule has 0 aliphatic rings. The summed E-state index contributed by atoms with van der Waals surface area (Å²) in [7, 11) is 0. The molecule has 0 fully saturated rings. The van der Waals surface area contributed by atoms with Gasteiger partial charge in [0.05, 0.1) is 6.42 Å². The molecule has 0 aliphatic carbocycles. The fraction of sp³-hybridized carbons (Fsp3) is 0.357. The van der Waals surface area contributed by atoms with Crippen molar-refractivity contribution < 1.29 is 13.2 Å². The van der Waals surface area contributed by atoms with E-state index in [0.29, 0.717) is 18.5 Å². The standard InChI is InChI=1S/C14H16F3N3/c15-14(16,17)10-12(11-4-2-1-3-5-11)18-7-6-13-19-8-9-20-13/h1-5,8-9,12,18H,6-7,10H2,(H,19,20). The maximum absolute atomic E-state index is 12.6. The Morgan fingerprint density at radius 2 is 1.95 bits per heavy atom. The number of nitrogens with one attached hydrogen (secondary N) is 2. The summed E-state index contributed by atoms with van der Waals surface area (Å²) >= 11 is 0. The van der Waals surface area contributed by atoms with E-state index in [9.17, 15) is 13.2 Å². The molecule has 0 bridgehead atoms. The van der Waals surface area contributed by atoms with Crippen LogP contribution in [0.1, 0.15) is 23.9 Å². The van der Waals surface area contributed by atoms with Gasteiger partial charge in [-0.05, 0) is 5.56 Å². The van der Waals surface area contributed by atoms with Crippen molar-refractivity contribution in [1.82, 2.24) is 15.3 Å². The third kappa shape index (κ3) is 4.70. The zero-order chi connectivity index (χ0) is 14.4. The molecule has 20 heavy (non-hydrogen) atoms. The highest BCUT2D eigenvalue weighted by atomic mass is 19.4. The summed E-state index contributed by atoms with van der Waals surface area (Å²) in [6, 6.07) is 7.95. The van der Waals surface area contributed by atoms with Crippen LogP contribution in [0.25, 0.3) is 0 Å². The zero-order valence-electron chi connectivity index (χ0n) is 10.8. The van der Waals surface area contributed by atoms with E-state index < -0.39 is 18.6 Å².